The second-order valence-corrected chi connectivity index (χ2v) is 4.52. The summed E-state index contributed by atoms with van der Waals surface area (Å²) in [5.41, 5.74) is 2.18. The van der Waals surface area contributed by atoms with Gasteiger partial charge in [-0.2, -0.15) is 5.10 Å². The van der Waals surface area contributed by atoms with Crippen molar-refractivity contribution in [1.82, 2.24) is 9.78 Å². The molecule has 2 aromatic rings. The van der Waals surface area contributed by atoms with E-state index in [0.717, 1.165) is 30.9 Å². The smallest absolute Gasteiger partial charge is 0.0748 e. The van der Waals surface area contributed by atoms with Gasteiger partial charge in [0, 0.05) is 31.2 Å². The predicted octanol–water partition coefficient (Wildman–Crippen LogP) is 2.46. The van der Waals surface area contributed by atoms with Crippen LogP contribution in [0.1, 0.15) is 12.8 Å². The molecule has 94 valence electrons. The number of nitrogens with zero attached hydrogens (tertiary/aromatic N) is 2. The molecule has 4 heteroatoms. The number of hydrogen-bond acceptors (Lipinski definition) is 3. The van der Waals surface area contributed by atoms with Gasteiger partial charge in [-0.15, -0.1) is 0 Å². The number of rotatable bonds is 4. The molecule has 0 radical (unpaired) electrons. The quantitative estimate of drug-likeness (QED) is 0.896. The molecule has 0 bridgehead atoms. The van der Waals surface area contributed by atoms with Crippen LogP contribution in [0.2, 0.25) is 0 Å². The maximum absolute atomic E-state index is 5.60. The van der Waals surface area contributed by atoms with Crippen molar-refractivity contribution in [3.05, 3.63) is 42.7 Å². The van der Waals surface area contributed by atoms with Crippen LogP contribution in [-0.2, 0) is 4.74 Å². The molecule has 0 spiro atoms. The molecule has 1 atom stereocenters. The maximum Gasteiger partial charge on any atom is 0.0748 e. The Morgan fingerprint density at radius 1 is 1.39 bits per heavy atom. The molecule has 0 saturated carbocycles. The van der Waals surface area contributed by atoms with Gasteiger partial charge < -0.3 is 10.1 Å². The Bertz CT molecular complexity index is 490. The molecule has 0 aliphatic carbocycles. The van der Waals surface area contributed by atoms with Crippen LogP contribution in [0.5, 0.6) is 0 Å². The van der Waals surface area contributed by atoms with Gasteiger partial charge in [-0.05, 0) is 37.1 Å². The first-order valence-electron chi connectivity index (χ1n) is 6.37. The molecule has 0 amide bonds. The van der Waals surface area contributed by atoms with Crippen molar-refractivity contribution >= 4 is 5.69 Å². The van der Waals surface area contributed by atoms with E-state index in [0.29, 0.717) is 6.10 Å². The van der Waals surface area contributed by atoms with Gasteiger partial charge in [0.15, 0.2) is 0 Å². The zero-order chi connectivity index (χ0) is 12.2. The summed E-state index contributed by atoms with van der Waals surface area (Å²) < 4.78 is 7.46. The SMILES string of the molecule is c1cc(NCC2CCCO2)cc(-n2cccn2)c1. The third-order valence-corrected chi connectivity index (χ3v) is 3.17. The van der Waals surface area contributed by atoms with E-state index >= 15 is 0 Å². The molecular formula is C14H17N3O. The Balaban J connectivity index is 1.67. The van der Waals surface area contributed by atoms with E-state index in [9.17, 15) is 0 Å². The number of aromatic nitrogens is 2. The molecule has 1 aliphatic heterocycles. The van der Waals surface area contributed by atoms with Gasteiger partial charge in [0.2, 0.25) is 0 Å². The molecule has 1 unspecified atom stereocenters. The van der Waals surface area contributed by atoms with Crippen LogP contribution in [0.3, 0.4) is 0 Å². The average molecular weight is 243 g/mol. The summed E-state index contributed by atoms with van der Waals surface area (Å²) in [5.74, 6) is 0. The molecule has 4 nitrogen and oxygen atoms in total. The summed E-state index contributed by atoms with van der Waals surface area (Å²) in [4.78, 5) is 0. The van der Waals surface area contributed by atoms with Gasteiger partial charge in [-0.25, -0.2) is 4.68 Å². The molecule has 1 aromatic carbocycles. The van der Waals surface area contributed by atoms with Crippen molar-refractivity contribution in [2.45, 2.75) is 18.9 Å². The summed E-state index contributed by atoms with van der Waals surface area (Å²) in [7, 11) is 0. The fourth-order valence-electron chi connectivity index (χ4n) is 2.22. The first-order chi connectivity index (χ1) is 8.92. The summed E-state index contributed by atoms with van der Waals surface area (Å²) in [6.07, 6.45) is 6.43. The highest BCUT2D eigenvalue weighted by molar-refractivity contribution is 5.50. The lowest BCUT2D eigenvalue weighted by Crippen LogP contribution is -2.18. The highest BCUT2D eigenvalue weighted by Gasteiger charge is 2.14. The first-order valence-corrected chi connectivity index (χ1v) is 6.37. The molecule has 1 aliphatic rings. The number of benzene rings is 1. The lowest BCUT2D eigenvalue weighted by molar-refractivity contribution is 0.120. The van der Waals surface area contributed by atoms with Crippen LogP contribution in [0.25, 0.3) is 5.69 Å². The standard InChI is InChI=1S/C14H17N3O/c1-4-12(15-11-14-6-2-9-18-14)10-13(5-1)17-8-3-7-16-17/h1,3-5,7-8,10,14-15H,2,6,9,11H2. The minimum Gasteiger partial charge on any atom is -0.382 e. The van der Waals surface area contributed by atoms with E-state index in [1.807, 2.05) is 29.1 Å². The number of nitrogens with one attached hydrogen (secondary N) is 1. The summed E-state index contributed by atoms with van der Waals surface area (Å²) >= 11 is 0. The number of anilines is 1. The highest BCUT2D eigenvalue weighted by atomic mass is 16.5. The third kappa shape index (κ3) is 2.54. The van der Waals surface area contributed by atoms with Crippen molar-refractivity contribution in [1.29, 1.82) is 0 Å². The lowest BCUT2D eigenvalue weighted by atomic mass is 10.2. The van der Waals surface area contributed by atoms with E-state index in [4.69, 9.17) is 4.74 Å². The van der Waals surface area contributed by atoms with Crippen LogP contribution >= 0.6 is 0 Å². The van der Waals surface area contributed by atoms with Gasteiger partial charge in [-0.1, -0.05) is 6.07 Å². The fourth-order valence-corrected chi connectivity index (χ4v) is 2.22. The molecule has 18 heavy (non-hydrogen) atoms. The molecule has 1 fully saturated rings. The minimum atomic E-state index is 0.360. The molecule has 3 rings (SSSR count). The Morgan fingerprint density at radius 2 is 2.39 bits per heavy atom. The predicted molar refractivity (Wildman–Crippen MR) is 71.0 cm³/mol. The van der Waals surface area contributed by atoms with Gasteiger partial charge in [0.25, 0.3) is 0 Å². The molecule has 1 N–H and O–H groups in total. The first kappa shape index (κ1) is 11.3. The maximum atomic E-state index is 5.60. The normalized spacial score (nSPS) is 19.0. The largest absolute Gasteiger partial charge is 0.382 e. The molecule has 1 saturated heterocycles. The van der Waals surface area contributed by atoms with Crippen LogP contribution in [0.15, 0.2) is 42.7 Å². The second kappa shape index (κ2) is 5.23. The van der Waals surface area contributed by atoms with Crippen LogP contribution < -0.4 is 5.32 Å². The van der Waals surface area contributed by atoms with Gasteiger partial charge in [-0.3, -0.25) is 0 Å². The Kier molecular flexibility index (Phi) is 3.28. The van der Waals surface area contributed by atoms with Crippen molar-refractivity contribution in [2.24, 2.45) is 0 Å². The summed E-state index contributed by atoms with van der Waals surface area (Å²) in [6.45, 7) is 1.78. The van der Waals surface area contributed by atoms with E-state index < -0.39 is 0 Å². The average Bonchev–Trinajstić information content (AvgIpc) is 3.10. The monoisotopic (exact) mass is 243 g/mol. The van der Waals surface area contributed by atoms with E-state index in [-0.39, 0.29) is 0 Å². The number of hydrogen-bond donors (Lipinski definition) is 1. The van der Waals surface area contributed by atoms with Crippen LogP contribution in [0, 0.1) is 0 Å². The molecular weight excluding hydrogens is 226 g/mol. The van der Waals surface area contributed by atoms with Gasteiger partial charge >= 0.3 is 0 Å². The van der Waals surface area contributed by atoms with Gasteiger partial charge in [0.1, 0.15) is 0 Å². The Hall–Kier alpha value is -1.81. The van der Waals surface area contributed by atoms with E-state index in [1.165, 1.54) is 6.42 Å². The van der Waals surface area contributed by atoms with Crippen molar-refractivity contribution in [3.8, 4) is 5.69 Å². The minimum absolute atomic E-state index is 0.360. The van der Waals surface area contributed by atoms with Gasteiger partial charge in [0.05, 0.1) is 11.8 Å². The number of ether oxygens (including phenoxy) is 1. The van der Waals surface area contributed by atoms with E-state index in [2.05, 4.69) is 22.5 Å². The summed E-state index contributed by atoms with van der Waals surface area (Å²) in [5, 5.41) is 7.65. The zero-order valence-corrected chi connectivity index (χ0v) is 10.2. The molecule has 1 aromatic heterocycles. The van der Waals surface area contributed by atoms with Crippen molar-refractivity contribution in [3.63, 3.8) is 0 Å². The third-order valence-electron chi connectivity index (χ3n) is 3.17. The zero-order valence-electron chi connectivity index (χ0n) is 10.2. The van der Waals surface area contributed by atoms with Crippen molar-refractivity contribution < 1.29 is 4.74 Å². The summed E-state index contributed by atoms with van der Waals surface area (Å²) in [6, 6.07) is 10.2. The van der Waals surface area contributed by atoms with Crippen LogP contribution in [0.4, 0.5) is 5.69 Å². The Morgan fingerprint density at radius 3 is 3.17 bits per heavy atom. The molecule has 2 heterocycles. The van der Waals surface area contributed by atoms with Crippen molar-refractivity contribution in [2.75, 3.05) is 18.5 Å². The Labute approximate surface area is 107 Å². The topological polar surface area (TPSA) is 39.1 Å². The highest BCUT2D eigenvalue weighted by Crippen LogP contribution is 2.16. The van der Waals surface area contributed by atoms with E-state index in [1.54, 1.807) is 6.20 Å². The van der Waals surface area contributed by atoms with Crippen LogP contribution in [-0.4, -0.2) is 29.0 Å². The lowest BCUT2D eigenvalue weighted by Gasteiger charge is -2.12. The second-order valence-electron chi connectivity index (χ2n) is 4.52. The fraction of sp³-hybridized carbons (Fsp3) is 0.357.